The number of hydrogen-bond donors (Lipinski definition) is 2. The second-order valence-corrected chi connectivity index (χ2v) is 7.05. The van der Waals surface area contributed by atoms with Gasteiger partial charge < -0.3 is 19.7 Å². The maximum atomic E-state index is 12.6. The van der Waals surface area contributed by atoms with E-state index in [2.05, 4.69) is 39.0 Å². The average molecular weight is 379 g/mol. The first-order chi connectivity index (χ1) is 13.7. The van der Waals surface area contributed by atoms with Crippen LogP contribution in [-0.2, 0) is 11.3 Å². The van der Waals surface area contributed by atoms with Crippen molar-refractivity contribution in [2.75, 3.05) is 37.7 Å². The maximum absolute atomic E-state index is 12.6. The Balaban J connectivity index is 1.56. The van der Waals surface area contributed by atoms with Crippen molar-refractivity contribution in [2.45, 2.75) is 13.5 Å². The largest absolute Gasteiger partial charge is 0.508 e. The van der Waals surface area contributed by atoms with Gasteiger partial charge in [0.25, 0.3) is 0 Å². The number of rotatable bonds is 5. The summed E-state index contributed by atoms with van der Waals surface area (Å²) in [6.45, 7) is 6.51. The van der Waals surface area contributed by atoms with Crippen LogP contribution in [-0.4, -0.2) is 53.7 Å². The summed E-state index contributed by atoms with van der Waals surface area (Å²) in [5.74, 6) is 0.552. The molecule has 0 unspecified atom stereocenters. The molecule has 1 saturated heterocycles. The molecule has 0 atom stereocenters. The molecule has 0 bridgehead atoms. The van der Waals surface area contributed by atoms with Crippen LogP contribution in [0, 0.1) is 0 Å². The van der Waals surface area contributed by atoms with Crippen molar-refractivity contribution in [3.8, 4) is 5.75 Å². The van der Waals surface area contributed by atoms with Gasteiger partial charge in [-0.2, -0.15) is 0 Å². The minimum atomic E-state index is -0.360. The molecule has 146 valence electrons. The molecule has 3 aromatic rings. The molecule has 2 aromatic carbocycles. The first kappa shape index (κ1) is 18.4. The zero-order valence-corrected chi connectivity index (χ0v) is 16.0. The molecule has 28 heavy (non-hydrogen) atoms. The standard InChI is InChI=1S/C22H25N3O3/c1-2-28-22(27)20-18-14-17(26)8-9-19(18)23-21(20)25-12-10-24(11-13-25)15-16-6-4-3-5-7-16/h3-9,14,23,26H,2,10-13,15H2,1H3. The third kappa shape index (κ3) is 3.68. The summed E-state index contributed by atoms with van der Waals surface area (Å²) in [7, 11) is 0. The quantitative estimate of drug-likeness (QED) is 0.665. The van der Waals surface area contributed by atoms with Gasteiger partial charge in [-0.1, -0.05) is 30.3 Å². The Bertz CT molecular complexity index is 960. The fraction of sp³-hybridized carbons (Fsp3) is 0.318. The first-order valence-corrected chi connectivity index (χ1v) is 9.68. The van der Waals surface area contributed by atoms with Crippen molar-refractivity contribution < 1.29 is 14.6 Å². The van der Waals surface area contributed by atoms with Crippen molar-refractivity contribution in [3.63, 3.8) is 0 Å². The molecule has 2 N–H and O–H groups in total. The Kier molecular flexibility index (Phi) is 5.21. The Morgan fingerprint density at radius 3 is 2.57 bits per heavy atom. The van der Waals surface area contributed by atoms with Crippen LogP contribution in [0.15, 0.2) is 48.5 Å². The summed E-state index contributed by atoms with van der Waals surface area (Å²) >= 11 is 0. The number of aromatic nitrogens is 1. The van der Waals surface area contributed by atoms with Gasteiger partial charge in [-0.05, 0) is 30.7 Å². The summed E-state index contributed by atoms with van der Waals surface area (Å²) in [4.78, 5) is 20.6. The average Bonchev–Trinajstić information content (AvgIpc) is 3.08. The van der Waals surface area contributed by atoms with Gasteiger partial charge in [0.15, 0.2) is 0 Å². The fourth-order valence-electron chi connectivity index (χ4n) is 3.78. The van der Waals surface area contributed by atoms with E-state index in [0.29, 0.717) is 17.6 Å². The van der Waals surface area contributed by atoms with Gasteiger partial charge in [-0.25, -0.2) is 4.79 Å². The van der Waals surface area contributed by atoms with Crippen LogP contribution in [0.2, 0.25) is 0 Å². The van der Waals surface area contributed by atoms with E-state index in [1.807, 2.05) is 6.07 Å². The maximum Gasteiger partial charge on any atom is 0.342 e. The molecule has 0 amide bonds. The summed E-state index contributed by atoms with van der Waals surface area (Å²) < 4.78 is 5.29. The molecule has 1 fully saturated rings. The van der Waals surface area contributed by atoms with Crippen LogP contribution in [0.5, 0.6) is 5.75 Å². The van der Waals surface area contributed by atoms with E-state index in [4.69, 9.17) is 4.74 Å². The molecule has 6 heteroatoms. The number of nitrogens with zero attached hydrogens (tertiary/aromatic N) is 2. The number of H-pyrrole nitrogens is 1. The minimum absolute atomic E-state index is 0.135. The van der Waals surface area contributed by atoms with E-state index < -0.39 is 0 Å². The molecule has 2 heterocycles. The minimum Gasteiger partial charge on any atom is -0.508 e. The van der Waals surface area contributed by atoms with Gasteiger partial charge in [-0.3, -0.25) is 4.90 Å². The Morgan fingerprint density at radius 1 is 1.11 bits per heavy atom. The number of esters is 1. The molecule has 1 aliphatic rings. The summed E-state index contributed by atoms with van der Waals surface area (Å²) in [5, 5.41) is 10.6. The lowest BCUT2D eigenvalue weighted by Crippen LogP contribution is -2.46. The van der Waals surface area contributed by atoms with E-state index in [9.17, 15) is 9.90 Å². The number of carbonyl (C=O) groups excluding carboxylic acids is 1. The van der Waals surface area contributed by atoms with E-state index in [-0.39, 0.29) is 11.7 Å². The van der Waals surface area contributed by atoms with Crippen molar-refractivity contribution in [3.05, 3.63) is 59.7 Å². The van der Waals surface area contributed by atoms with Crippen LogP contribution in [0.25, 0.3) is 10.9 Å². The number of carbonyl (C=O) groups is 1. The Labute approximate surface area is 164 Å². The van der Waals surface area contributed by atoms with Crippen molar-refractivity contribution in [1.29, 1.82) is 0 Å². The number of benzene rings is 2. The molecule has 0 aliphatic carbocycles. The predicted molar refractivity (Wildman–Crippen MR) is 110 cm³/mol. The van der Waals surface area contributed by atoms with Crippen molar-refractivity contribution in [1.82, 2.24) is 9.88 Å². The molecular formula is C22H25N3O3. The number of anilines is 1. The van der Waals surface area contributed by atoms with Crippen LogP contribution >= 0.6 is 0 Å². The smallest absolute Gasteiger partial charge is 0.342 e. The summed E-state index contributed by atoms with van der Waals surface area (Å²) in [5.41, 5.74) is 2.64. The highest BCUT2D eigenvalue weighted by Crippen LogP contribution is 2.32. The van der Waals surface area contributed by atoms with Crippen molar-refractivity contribution >= 4 is 22.7 Å². The molecule has 6 nitrogen and oxygen atoms in total. The molecule has 0 saturated carbocycles. The molecule has 0 spiro atoms. The third-order valence-corrected chi connectivity index (χ3v) is 5.18. The highest BCUT2D eigenvalue weighted by Gasteiger charge is 2.26. The number of phenols is 1. The van der Waals surface area contributed by atoms with E-state index in [1.54, 1.807) is 25.1 Å². The zero-order valence-electron chi connectivity index (χ0n) is 16.0. The van der Waals surface area contributed by atoms with Gasteiger partial charge in [0.05, 0.1) is 6.61 Å². The fourth-order valence-corrected chi connectivity index (χ4v) is 3.78. The predicted octanol–water partition coefficient (Wildman–Crippen LogP) is 3.37. The van der Waals surface area contributed by atoms with Crippen LogP contribution in [0.3, 0.4) is 0 Å². The van der Waals surface area contributed by atoms with Gasteiger partial charge in [0.1, 0.15) is 17.1 Å². The van der Waals surface area contributed by atoms with E-state index in [0.717, 1.165) is 44.1 Å². The lowest BCUT2D eigenvalue weighted by molar-refractivity contribution is 0.0529. The number of hydrogen-bond acceptors (Lipinski definition) is 5. The summed E-state index contributed by atoms with van der Waals surface area (Å²) in [6, 6.07) is 15.5. The zero-order chi connectivity index (χ0) is 19.5. The second kappa shape index (κ2) is 7.94. The van der Waals surface area contributed by atoms with Gasteiger partial charge in [0, 0.05) is 43.6 Å². The number of phenolic OH excluding ortho intramolecular Hbond substituents is 1. The monoisotopic (exact) mass is 379 g/mol. The van der Waals surface area contributed by atoms with E-state index in [1.165, 1.54) is 5.56 Å². The Hall–Kier alpha value is -2.99. The second-order valence-electron chi connectivity index (χ2n) is 7.05. The van der Waals surface area contributed by atoms with Gasteiger partial charge in [-0.15, -0.1) is 0 Å². The van der Waals surface area contributed by atoms with Crippen LogP contribution in [0.1, 0.15) is 22.8 Å². The number of aromatic amines is 1. The third-order valence-electron chi connectivity index (χ3n) is 5.18. The summed E-state index contributed by atoms with van der Waals surface area (Å²) in [6.07, 6.45) is 0. The highest BCUT2D eigenvalue weighted by molar-refractivity contribution is 6.09. The topological polar surface area (TPSA) is 68.8 Å². The SMILES string of the molecule is CCOC(=O)c1c(N2CCN(Cc3ccccc3)CC2)[nH]c2ccc(O)cc12. The molecule has 1 aliphatic heterocycles. The lowest BCUT2D eigenvalue weighted by atomic mass is 10.1. The van der Waals surface area contributed by atoms with Crippen LogP contribution < -0.4 is 4.90 Å². The van der Waals surface area contributed by atoms with Gasteiger partial charge >= 0.3 is 5.97 Å². The molecule has 4 rings (SSSR count). The van der Waals surface area contributed by atoms with Gasteiger partial charge in [0.2, 0.25) is 0 Å². The first-order valence-electron chi connectivity index (χ1n) is 9.68. The number of nitrogens with one attached hydrogen (secondary N) is 1. The molecular weight excluding hydrogens is 354 g/mol. The number of ether oxygens (including phenoxy) is 1. The highest BCUT2D eigenvalue weighted by atomic mass is 16.5. The molecule has 1 aromatic heterocycles. The lowest BCUT2D eigenvalue weighted by Gasteiger charge is -2.35. The Morgan fingerprint density at radius 2 is 1.86 bits per heavy atom. The number of aromatic hydroxyl groups is 1. The van der Waals surface area contributed by atoms with Crippen LogP contribution in [0.4, 0.5) is 5.82 Å². The normalized spacial score (nSPS) is 15.1. The van der Waals surface area contributed by atoms with E-state index >= 15 is 0 Å². The number of piperazine rings is 1. The number of fused-ring (bicyclic) bond motifs is 1. The molecule has 0 radical (unpaired) electrons. The van der Waals surface area contributed by atoms with Crippen molar-refractivity contribution in [2.24, 2.45) is 0 Å².